The quantitative estimate of drug-likeness (QED) is 0.427. The number of rotatable bonds is 8. The number of hydrogen-bond acceptors (Lipinski definition) is 6. The van der Waals surface area contributed by atoms with Crippen molar-refractivity contribution in [2.45, 2.75) is 52.0 Å². The first-order valence-corrected chi connectivity index (χ1v) is 12.6. The summed E-state index contributed by atoms with van der Waals surface area (Å²) in [4.78, 5) is 32.6. The number of ether oxygens (including phenoxy) is 2. The molecule has 2 saturated heterocycles. The first-order chi connectivity index (χ1) is 16.3. The third-order valence-electron chi connectivity index (χ3n) is 6.94. The van der Waals surface area contributed by atoms with Gasteiger partial charge < -0.3 is 19.3 Å². The maximum absolute atomic E-state index is 13.0. The number of allylic oxidation sites excluding steroid dienone is 1. The highest BCUT2D eigenvalue weighted by atomic mass is 16.5. The van der Waals surface area contributed by atoms with Crippen molar-refractivity contribution in [2.24, 2.45) is 0 Å². The molecule has 0 saturated carbocycles. The molecule has 0 aliphatic carbocycles. The van der Waals surface area contributed by atoms with Crippen molar-refractivity contribution in [3.05, 3.63) is 35.4 Å². The maximum atomic E-state index is 13.0. The number of ketones is 1. The first-order valence-electron chi connectivity index (χ1n) is 12.6. The van der Waals surface area contributed by atoms with Gasteiger partial charge in [-0.25, -0.2) is 0 Å². The number of likely N-dealkylation sites (tertiary alicyclic amines) is 1. The first kappa shape index (κ1) is 26.2. The molecule has 1 amide bonds. The van der Waals surface area contributed by atoms with Crippen LogP contribution in [0.4, 0.5) is 0 Å². The average Bonchev–Trinajstić information content (AvgIpc) is 3.06. The molecule has 1 aromatic rings. The fourth-order valence-corrected chi connectivity index (χ4v) is 4.90. The van der Waals surface area contributed by atoms with Gasteiger partial charge in [-0.2, -0.15) is 0 Å². The SMILES string of the molecule is CCOc1cc(OC)c(C(=O)C=CC(=O)N2CCC(N3CCCN(C)CC3)CC2)cc1C(C)C. The van der Waals surface area contributed by atoms with E-state index in [2.05, 4.69) is 30.7 Å². The summed E-state index contributed by atoms with van der Waals surface area (Å²) in [7, 11) is 3.73. The predicted octanol–water partition coefficient (Wildman–Crippen LogP) is 3.58. The second-order valence-corrected chi connectivity index (χ2v) is 9.62. The van der Waals surface area contributed by atoms with E-state index in [1.807, 2.05) is 17.9 Å². The Balaban J connectivity index is 1.62. The van der Waals surface area contributed by atoms with Crippen molar-refractivity contribution in [3.8, 4) is 11.5 Å². The van der Waals surface area contributed by atoms with E-state index in [1.54, 1.807) is 6.07 Å². The molecule has 0 bridgehead atoms. The lowest BCUT2D eigenvalue weighted by atomic mass is 9.97. The molecular formula is C27H41N3O4. The Hall–Kier alpha value is -2.38. The van der Waals surface area contributed by atoms with Crippen LogP contribution in [0.1, 0.15) is 61.9 Å². The molecular weight excluding hydrogens is 430 g/mol. The monoisotopic (exact) mass is 471 g/mol. The molecule has 188 valence electrons. The number of piperidine rings is 1. The third-order valence-corrected chi connectivity index (χ3v) is 6.94. The van der Waals surface area contributed by atoms with Crippen molar-refractivity contribution in [1.82, 2.24) is 14.7 Å². The molecule has 3 rings (SSSR count). The highest BCUT2D eigenvalue weighted by Gasteiger charge is 2.27. The summed E-state index contributed by atoms with van der Waals surface area (Å²) in [6.07, 6.45) is 5.97. The zero-order valence-electron chi connectivity index (χ0n) is 21.5. The van der Waals surface area contributed by atoms with Crippen LogP contribution in [0.15, 0.2) is 24.3 Å². The van der Waals surface area contributed by atoms with E-state index in [-0.39, 0.29) is 17.6 Å². The molecule has 7 heteroatoms. The van der Waals surface area contributed by atoms with Crippen LogP contribution in [0.25, 0.3) is 0 Å². The molecule has 0 radical (unpaired) electrons. The Kier molecular flexibility index (Phi) is 9.54. The van der Waals surface area contributed by atoms with Crippen LogP contribution in [0.2, 0.25) is 0 Å². The van der Waals surface area contributed by atoms with Crippen LogP contribution in [0.5, 0.6) is 11.5 Å². The second-order valence-electron chi connectivity index (χ2n) is 9.62. The molecule has 1 aromatic carbocycles. The molecule has 7 nitrogen and oxygen atoms in total. The number of nitrogens with zero attached hydrogens (tertiary/aromatic N) is 3. The summed E-state index contributed by atoms with van der Waals surface area (Å²) in [5.41, 5.74) is 1.40. The van der Waals surface area contributed by atoms with Crippen molar-refractivity contribution >= 4 is 11.7 Å². The van der Waals surface area contributed by atoms with Gasteiger partial charge in [0, 0.05) is 44.4 Å². The zero-order valence-corrected chi connectivity index (χ0v) is 21.5. The van der Waals surface area contributed by atoms with Crippen LogP contribution < -0.4 is 9.47 Å². The molecule has 2 fully saturated rings. The minimum atomic E-state index is -0.237. The fraction of sp³-hybridized carbons (Fsp3) is 0.630. The largest absolute Gasteiger partial charge is 0.496 e. The highest BCUT2D eigenvalue weighted by molar-refractivity contribution is 6.09. The number of benzene rings is 1. The maximum Gasteiger partial charge on any atom is 0.246 e. The van der Waals surface area contributed by atoms with Gasteiger partial charge in [-0.1, -0.05) is 13.8 Å². The summed E-state index contributed by atoms with van der Waals surface area (Å²) in [6.45, 7) is 12.6. The van der Waals surface area contributed by atoms with Crippen molar-refractivity contribution in [2.75, 3.05) is 60.0 Å². The van der Waals surface area contributed by atoms with Gasteiger partial charge in [0.15, 0.2) is 5.78 Å². The summed E-state index contributed by atoms with van der Waals surface area (Å²) < 4.78 is 11.2. The van der Waals surface area contributed by atoms with Gasteiger partial charge in [0.1, 0.15) is 11.5 Å². The molecule has 0 N–H and O–H groups in total. The van der Waals surface area contributed by atoms with Gasteiger partial charge >= 0.3 is 0 Å². The molecule has 0 atom stereocenters. The van der Waals surface area contributed by atoms with Gasteiger partial charge in [0.2, 0.25) is 5.91 Å². The van der Waals surface area contributed by atoms with Gasteiger partial charge in [-0.15, -0.1) is 0 Å². The van der Waals surface area contributed by atoms with E-state index >= 15 is 0 Å². The van der Waals surface area contributed by atoms with Crippen molar-refractivity contribution in [3.63, 3.8) is 0 Å². The van der Waals surface area contributed by atoms with Crippen LogP contribution in [0, 0.1) is 0 Å². The van der Waals surface area contributed by atoms with E-state index in [4.69, 9.17) is 9.47 Å². The molecule has 0 aromatic heterocycles. The van der Waals surface area contributed by atoms with E-state index in [0.29, 0.717) is 24.0 Å². The topological polar surface area (TPSA) is 62.3 Å². The van der Waals surface area contributed by atoms with E-state index in [0.717, 1.165) is 63.4 Å². The second kappa shape index (κ2) is 12.4. The van der Waals surface area contributed by atoms with Crippen LogP contribution in [-0.2, 0) is 4.79 Å². The number of carbonyl (C=O) groups is 2. The summed E-state index contributed by atoms with van der Waals surface area (Å²) >= 11 is 0. The standard InChI is InChI=1S/C27H41N3O4/c1-6-34-26-19-25(33-5)23(18-22(26)20(2)3)24(31)8-9-27(32)30-14-10-21(11-15-30)29-13-7-12-28(4)16-17-29/h8-9,18-21H,6-7,10-17H2,1-5H3. The molecule has 2 aliphatic heterocycles. The molecule has 0 spiro atoms. The number of carbonyl (C=O) groups excluding carboxylic acids is 2. The summed E-state index contributed by atoms with van der Waals surface area (Å²) in [5.74, 6) is 1.04. The summed E-state index contributed by atoms with van der Waals surface area (Å²) in [6, 6.07) is 4.15. The molecule has 34 heavy (non-hydrogen) atoms. The smallest absolute Gasteiger partial charge is 0.246 e. The highest BCUT2D eigenvalue weighted by Crippen LogP contribution is 2.34. The van der Waals surface area contributed by atoms with Crippen LogP contribution in [0.3, 0.4) is 0 Å². The Morgan fingerprint density at radius 2 is 1.76 bits per heavy atom. The van der Waals surface area contributed by atoms with Gasteiger partial charge in [-0.3, -0.25) is 14.5 Å². The normalized spacial score (nSPS) is 18.9. The number of amides is 1. The molecule has 2 heterocycles. The minimum absolute atomic E-state index is 0.101. The van der Waals surface area contributed by atoms with Crippen LogP contribution >= 0.6 is 0 Å². The lowest BCUT2D eigenvalue weighted by molar-refractivity contribution is -0.127. The van der Waals surface area contributed by atoms with Gasteiger partial charge in [-0.05, 0) is 69.9 Å². The van der Waals surface area contributed by atoms with Crippen molar-refractivity contribution < 1.29 is 19.1 Å². The van der Waals surface area contributed by atoms with E-state index in [9.17, 15) is 9.59 Å². The number of hydrogen-bond donors (Lipinski definition) is 0. The third kappa shape index (κ3) is 6.60. The zero-order chi connectivity index (χ0) is 24.7. The Morgan fingerprint density at radius 1 is 1.03 bits per heavy atom. The Morgan fingerprint density at radius 3 is 2.41 bits per heavy atom. The minimum Gasteiger partial charge on any atom is -0.496 e. The predicted molar refractivity (Wildman–Crippen MR) is 135 cm³/mol. The number of likely N-dealkylation sites (N-methyl/N-ethyl adjacent to an activating group) is 1. The van der Waals surface area contributed by atoms with E-state index < -0.39 is 0 Å². The van der Waals surface area contributed by atoms with Gasteiger partial charge in [0.25, 0.3) is 0 Å². The Labute approximate surface area is 204 Å². The average molecular weight is 472 g/mol. The molecule has 0 unspecified atom stereocenters. The van der Waals surface area contributed by atoms with Gasteiger partial charge in [0.05, 0.1) is 19.3 Å². The van der Waals surface area contributed by atoms with E-state index in [1.165, 1.54) is 25.7 Å². The lowest BCUT2D eigenvalue weighted by Crippen LogP contribution is -2.47. The van der Waals surface area contributed by atoms with Crippen molar-refractivity contribution in [1.29, 1.82) is 0 Å². The fourth-order valence-electron chi connectivity index (χ4n) is 4.90. The van der Waals surface area contributed by atoms with Crippen LogP contribution in [-0.4, -0.2) is 92.5 Å². The Bertz CT molecular complexity index is 875. The lowest BCUT2D eigenvalue weighted by Gasteiger charge is -2.37. The number of methoxy groups -OCH3 is 1. The molecule has 2 aliphatic rings. The summed E-state index contributed by atoms with van der Waals surface area (Å²) in [5, 5.41) is 0.